The summed E-state index contributed by atoms with van der Waals surface area (Å²) < 4.78 is 24.7. The van der Waals surface area contributed by atoms with Crippen molar-refractivity contribution in [1.82, 2.24) is 4.57 Å². The Morgan fingerprint density at radius 2 is 1.76 bits per heavy atom. The van der Waals surface area contributed by atoms with Gasteiger partial charge in [-0.15, -0.1) is 0 Å². The SMILES string of the molecule is CCOC(=O)C1=C(C)N=c2s/c(=C/c3ccccc3OCC)c(=O)n2[C@@H]1c1cccc(OC)c1OCC. The first-order chi connectivity index (χ1) is 17.9. The second-order valence-corrected chi connectivity index (χ2v) is 9.09. The Morgan fingerprint density at radius 1 is 1.03 bits per heavy atom. The molecule has 0 bridgehead atoms. The number of hydrogen-bond donors (Lipinski definition) is 0. The number of rotatable bonds is 9. The third-order valence-corrected chi connectivity index (χ3v) is 6.82. The molecule has 3 aromatic rings. The number of aromatic nitrogens is 1. The summed E-state index contributed by atoms with van der Waals surface area (Å²) in [6, 6.07) is 12.1. The average molecular weight is 523 g/mol. The molecule has 0 aliphatic carbocycles. The lowest BCUT2D eigenvalue weighted by atomic mass is 9.94. The number of allylic oxidation sites excluding steroid dienone is 1. The highest BCUT2D eigenvalue weighted by Gasteiger charge is 2.36. The number of methoxy groups -OCH3 is 1. The van der Waals surface area contributed by atoms with Crippen LogP contribution in [0.5, 0.6) is 17.2 Å². The van der Waals surface area contributed by atoms with E-state index < -0.39 is 12.0 Å². The highest BCUT2D eigenvalue weighted by molar-refractivity contribution is 7.07. The highest BCUT2D eigenvalue weighted by atomic mass is 32.1. The van der Waals surface area contributed by atoms with Crippen LogP contribution < -0.4 is 29.1 Å². The maximum Gasteiger partial charge on any atom is 0.338 e. The van der Waals surface area contributed by atoms with E-state index in [0.717, 1.165) is 5.56 Å². The molecule has 1 aromatic heterocycles. The lowest BCUT2D eigenvalue weighted by molar-refractivity contribution is -0.139. The minimum absolute atomic E-state index is 0.192. The second-order valence-electron chi connectivity index (χ2n) is 8.08. The van der Waals surface area contributed by atoms with Crippen LogP contribution in [0.3, 0.4) is 0 Å². The topological polar surface area (TPSA) is 88.4 Å². The molecule has 0 amide bonds. The van der Waals surface area contributed by atoms with Gasteiger partial charge >= 0.3 is 5.97 Å². The lowest BCUT2D eigenvalue weighted by Gasteiger charge is -2.26. The molecule has 1 atom stereocenters. The van der Waals surface area contributed by atoms with Crippen LogP contribution in [0.15, 0.2) is 63.5 Å². The summed E-state index contributed by atoms with van der Waals surface area (Å²) in [5.74, 6) is 1.12. The average Bonchev–Trinajstić information content (AvgIpc) is 3.19. The van der Waals surface area contributed by atoms with Crippen molar-refractivity contribution in [2.24, 2.45) is 4.99 Å². The van der Waals surface area contributed by atoms with E-state index in [1.54, 1.807) is 33.1 Å². The molecule has 194 valence electrons. The fourth-order valence-electron chi connectivity index (χ4n) is 4.32. The maximum atomic E-state index is 13.9. The van der Waals surface area contributed by atoms with Gasteiger partial charge in [-0.1, -0.05) is 41.7 Å². The van der Waals surface area contributed by atoms with Gasteiger partial charge in [-0.25, -0.2) is 9.79 Å². The Balaban J connectivity index is 2.01. The van der Waals surface area contributed by atoms with Crippen LogP contribution in [0, 0.1) is 0 Å². The van der Waals surface area contributed by atoms with Crippen molar-refractivity contribution < 1.29 is 23.7 Å². The third-order valence-electron chi connectivity index (χ3n) is 5.84. The molecular formula is C28H30N2O6S. The minimum atomic E-state index is -0.809. The van der Waals surface area contributed by atoms with E-state index in [4.69, 9.17) is 18.9 Å². The highest BCUT2D eigenvalue weighted by Crippen LogP contribution is 2.40. The van der Waals surface area contributed by atoms with Gasteiger partial charge in [-0.05, 0) is 45.9 Å². The first kappa shape index (κ1) is 26.2. The van der Waals surface area contributed by atoms with Crippen LogP contribution in [0.25, 0.3) is 6.08 Å². The van der Waals surface area contributed by atoms with Crippen molar-refractivity contribution in [2.75, 3.05) is 26.9 Å². The van der Waals surface area contributed by atoms with E-state index in [-0.39, 0.29) is 17.7 Å². The van der Waals surface area contributed by atoms with Crippen molar-refractivity contribution in [3.8, 4) is 17.2 Å². The Bertz CT molecular complexity index is 1520. The van der Waals surface area contributed by atoms with Crippen LogP contribution in [-0.4, -0.2) is 37.5 Å². The van der Waals surface area contributed by atoms with Crippen molar-refractivity contribution in [3.05, 3.63) is 84.5 Å². The van der Waals surface area contributed by atoms with E-state index in [0.29, 0.717) is 51.1 Å². The summed E-state index contributed by atoms with van der Waals surface area (Å²) in [4.78, 5) is 32.2. The molecule has 2 aromatic carbocycles. The van der Waals surface area contributed by atoms with Gasteiger partial charge in [0.15, 0.2) is 16.3 Å². The van der Waals surface area contributed by atoms with Crippen molar-refractivity contribution in [1.29, 1.82) is 0 Å². The van der Waals surface area contributed by atoms with E-state index in [1.165, 1.54) is 15.9 Å². The van der Waals surface area contributed by atoms with E-state index in [1.807, 2.05) is 50.2 Å². The molecule has 9 heteroatoms. The Kier molecular flexibility index (Phi) is 8.13. The minimum Gasteiger partial charge on any atom is -0.493 e. The molecule has 2 heterocycles. The van der Waals surface area contributed by atoms with Crippen LogP contribution >= 0.6 is 11.3 Å². The summed E-state index contributed by atoms with van der Waals surface area (Å²) in [5, 5.41) is 0. The number of esters is 1. The molecule has 4 rings (SSSR count). The van der Waals surface area contributed by atoms with E-state index in [2.05, 4.69) is 4.99 Å². The summed E-state index contributed by atoms with van der Waals surface area (Å²) in [7, 11) is 1.55. The molecule has 0 saturated heterocycles. The number of para-hydroxylation sites is 2. The summed E-state index contributed by atoms with van der Waals surface area (Å²) in [6.07, 6.45) is 1.80. The van der Waals surface area contributed by atoms with E-state index in [9.17, 15) is 9.59 Å². The summed E-state index contributed by atoms with van der Waals surface area (Å²) in [6.45, 7) is 8.34. The van der Waals surface area contributed by atoms with Gasteiger partial charge in [0.1, 0.15) is 11.8 Å². The molecule has 0 fully saturated rings. The number of carbonyl (C=O) groups excluding carboxylic acids is 1. The summed E-state index contributed by atoms with van der Waals surface area (Å²) >= 11 is 1.26. The first-order valence-corrected chi connectivity index (χ1v) is 13.0. The van der Waals surface area contributed by atoms with Gasteiger partial charge in [-0.3, -0.25) is 9.36 Å². The monoisotopic (exact) mass is 522 g/mol. The van der Waals surface area contributed by atoms with Crippen molar-refractivity contribution in [2.45, 2.75) is 33.7 Å². The van der Waals surface area contributed by atoms with Crippen molar-refractivity contribution >= 4 is 23.4 Å². The molecule has 0 radical (unpaired) electrons. The Hall–Kier alpha value is -3.85. The fraction of sp³-hybridized carbons (Fsp3) is 0.321. The standard InChI is InChI=1S/C28H30N2O6S/c1-6-34-20-14-10-9-12-18(20)16-22-26(31)30-24(19-13-11-15-21(33-5)25(19)35-7-2)23(27(32)36-8-3)17(4)29-28(30)37-22/h9-16,24H,6-8H2,1-5H3/b22-16+/t24-/m1/s1. The van der Waals surface area contributed by atoms with Gasteiger partial charge in [0.05, 0.1) is 42.7 Å². The van der Waals surface area contributed by atoms with Gasteiger partial charge in [0.2, 0.25) is 0 Å². The number of benzene rings is 2. The van der Waals surface area contributed by atoms with Crippen LogP contribution in [0.4, 0.5) is 0 Å². The fourth-order valence-corrected chi connectivity index (χ4v) is 5.36. The maximum absolute atomic E-state index is 13.9. The largest absolute Gasteiger partial charge is 0.493 e. The predicted molar refractivity (Wildman–Crippen MR) is 142 cm³/mol. The van der Waals surface area contributed by atoms with Gasteiger partial charge in [0, 0.05) is 11.1 Å². The van der Waals surface area contributed by atoms with Gasteiger partial charge in [-0.2, -0.15) is 0 Å². The number of fused-ring (bicyclic) bond motifs is 1. The molecule has 37 heavy (non-hydrogen) atoms. The van der Waals surface area contributed by atoms with E-state index >= 15 is 0 Å². The molecule has 8 nitrogen and oxygen atoms in total. The van der Waals surface area contributed by atoms with Gasteiger partial charge < -0.3 is 18.9 Å². The normalized spacial score (nSPS) is 15.2. The molecule has 1 aliphatic heterocycles. The molecule has 0 spiro atoms. The van der Waals surface area contributed by atoms with Crippen LogP contribution in [0.1, 0.15) is 44.9 Å². The van der Waals surface area contributed by atoms with Gasteiger partial charge in [0.25, 0.3) is 5.56 Å². The molecule has 0 unspecified atom stereocenters. The number of hydrogen-bond acceptors (Lipinski definition) is 8. The smallest absolute Gasteiger partial charge is 0.338 e. The molecule has 0 N–H and O–H groups in total. The number of nitrogens with zero attached hydrogens (tertiary/aromatic N) is 2. The number of carbonyl (C=O) groups is 1. The zero-order valence-corrected chi connectivity index (χ0v) is 22.4. The molecular weight excluding hydrogens is 492 g/mol. The number of ether oxygens (including phenoxy) is 4. The zero-order chi connectivity index (χ0) is 26.5. The second kappa shape index (κ2) is 11.5. The molecule has 0 saturated carbocycles. The lowest BCUT2D eigenvalue weighted by Crippen LogP contribution is -2.40. The Labute approximate surface area is 219 Å². The molecule has 1 aliphatic rings. The zero-order valence-electron chi connectivity index (χ0n) is 21.6. The van der Waals surface area contributed by atoms with Crippen molar-refractivity contribution in [3.63, 3.8) is 0 Å². The predicted octanol–water partition coefficient (Wildman–Crippen LogP) is 3.60. The Morgan fingerprint density at radius 3 is 2.46 bits per heavy atom. The first-order valence-electron chi connectivity index (χ1n) is 12.2. The quantitative estimate of drug-likeness (QED) is 0.399. The number of thiazole rings is 1. The van der Waals surface area contributed by atoms with Crippen LogP contribution in [-0.2, 0) is 9.53 Å². The van der Waals surface area contributed by atoms with Crippen LogP contribution in [0.2, 0.25) is 0 Å². The summed E-state index contributed by atoms with van der Waals surface area (Å²) in [5.41, 5.74) is 1.88. The third kappa shape index (κ3) is 5.04.